The Bertz CT molecular complexity index is 1230. The molecular weight excluding hydrogens is 366 g/mol. The first kappa shape index (κ1) is 17.8. The van der Waals surface area contributed by atoms with Crippen molar-refractivity contribution in [2.24, 2.45) is 0 Å². The lowest BCUT2D eigenvalue weighted by Gasteiger charge is -2.31. The van der Waals surface area contributed by atoms with Crippen LogP contribution in [0, 0.1) is 0 Å². The van der Waals surface area contributed by atoms with E-state index in [0.29, 0.717) is 41.0 Å². The molecule has 1 fully saturated rings. The van der Waals surface area contributed by atoms with Crippen LogP contribution in [-0.2, 0) is 6.54 Å². The maximum atomic E-state index is 13.2. The molecule has 2 N–H and O–H groups in total. The number of H-pyrrole nitrogens is 1. The highest BCUT2D eigenvalue weighted by Crippen LogP contribution is 2.21. The van der Waals surface area contributed by atoms with E-state index in [1.165, 1.54) is 0 Å². The van der Waals surface area contributed by atoms with Gasteiger partial charge in [-0.2, -0.15) is 4.98 Å². The number of hydrogen-bond donors (Lipinski definition) is 2. The number of nitrogens with zero attached hydrogens (tertiary/aromatic N) is 5. The van der Waals surface area contributed by atoms with Gasteiger partial charge in [0.1, 0.15) is 11.5 Å². The zero-order valence-corrected chi connectivity index (χ0v) is 16.5. The van der Waals surface area contributed by atoms with Crippen LogP contribution in [-0.4, -0.2) is 50.2 Å². The predicted octanol–water partition coefficient (Wildman–Crippen LogP) is 2.15. The molecule has 1 aliphatic heterocycles. The van der Waals surface area contributed by atoms with Gasteiger partial charge in [0, 0.05) is 44.6 Å². The number of para-hydroxylation sites is 2. The number of piperazine rings is 1. The normalized spacial score (nSPS) is 17.3. The fourth-order valence-electron chi connectivity index (χ4n) is 3.92. The third-order valence-electron chi connectivity index (χ3n) is 5.44. The molecule has 1 unspecified atom stereocenters. The van der Waals surface area contributed by atoms with Gasteiger partial charge < -0.3 is 19.8 Å². The van der Waals surface area contributed by atoms with Crippen molar-refractivity contribution in [2.75, 3.05) is 24.5 Å². The summed E-state index contributed by atoms with van der Waals surface area (Å²) >= 11 is 0. The first-order valence-electron chi connectivity index (χ1n) is 9.97. The summed E-state index contributed by atoms with van der Waals surface area (Å²) in [6, 6.07) is 8.14. The molecule has 8 nitrogen and oxygen atoms in total. The number of pyridine rings is 1. The van der Waals surface area contributed by atoms with Crippen molar-refractivity contribution in [3.05, 3.63) is 46.9 Å². The van der Waals surface area contributed by atoms with Crippen molar-refractivity contribution in [2.45, 2.75) is 26.4 Å². The predicted molar refractivity (Wildman–Crippen MR) is 114 cm³/mol. The molecule has 4 aromatic rings. The molecule has 0 aliphatic carbocycles. The molecule has 29 heavy (non-hydrogen) atoms. The van der Waals surface area contributed by atoms with Gasteiger partial charge in [-0.15, -0.1) is 0 Å². The van der Waals surface area contributed by atoms with E-state index >= 15 is 0 Å². The Labute approximate surface area is 167 Å². The average molecular weight is 389 g/mol. The van der Waals surface area contributed by atoms with Gasteiger partial charge in [-0.05, 0) is 26.0 Å². The highest BCUT2D eigenvalue weighted by Gasteiger charge is 2.20. The van der Waals surface area contributed by atoms with Gasteiger partial charge in [0.15, 0.2) is 0 Å². The molecule has 0 bridgehead atoms. The fourth-order valence-corrected chi connectivity index (χ4v) is 3.92. The van der Waals surface area contributed by atoms with Gasteiger partial charge in [0.25, 0.3) is 0 Å². The number of anilines is 1. The van der Waals surface area contributed by atoms with Crippen LogP contribution in [0.1, 0.15) is 13.8 Å². The molecule has 148 valence electrons. The van der Waals surface area contributed by atoms with Gasteiger partial charge in [-0.25, -0.2) is 9.97 Å². The van der Waals surface area contributed by atoms with Crippen LogP contribution in [0.15, 0.2) is 41.5 Å². The van der Waals surface area contributed by atoms with Crippen molar-refractivity contribution in [3.8, 4) is 11.4 Å². The summed E-state index contributed by atoms with van der Waals surface area (Å²) in [5.74, 6) is 1.24. The molecule has 0 spiro atoms. The average Bonchev–Trinajstić information content (AvgIpc) is 3.18. The summed E-state index contributed by atoms with van der Waals surface area (Å²) in [4.78, 5) is 32.5. The molecule has 0 saturated carbocycles. The number of fused-ring (bicyclic) bond motifs is 2. The first-order valence-corrected chi connectivity index (χ1v) is 9.97. The number of hydrogen-bond acceptors (Lipinski definition) is 6. The zero-order chi connectivity index (χ0) is 20.0. The molecule has 5 rings (SSSR count). The van der Waals surface area contributed by atoms with E-state index in [4.69, 9.17) is 4.98 Å². The summed E-state index contributed by atoms with van der Waals surface area (Å²) in [7, 11) is 0. The molecule has 8 heteroatoms. The number of imidazole rings is 1. The molecule has 0 radical (unpaired) electrons. The molecule has 1 saturated heterocycles. The Morgan fingerprint density at radius 3 is 2.90 bits per heavy atom. The van der Waals surface area contributed by atoms with E-state index in [-0.39, 0.29) is 5.43 Å². The van der Waals surface area contributed by atoms with Crippen LogP contribution in [0.3, 0.4) is 0 Å². The summed E-state index contributed by atoms with van der Waals surface area (Å²) in [5.41, 5.74) is 2.83. The minimum Gasteiger partial charge on any atom is -0.338 e. The molecule has 1 aliphatic rings. The standard InChI is InChI=1S/C21H23N7O/c1-3-27-12-15(19-24-16-6-4-5-7-17(16)25-19)18(29)14-10-23-21(26-20(14)27)28-9-8-22-13(2)11-28/h4-7,10,12-13,22H,3,8-9,11H2,1-2H3,(H,24,25). The topological polar surface area (TPSA) is 91.7 Å². The number of aromatic nitrogens is 5. The molecule has 3 aromatic heterocycles. The van der Waals surface area contributed by atoms with Crippen molar-refractivity contribution in [1.82, 2.24) is 29.8 Å². The summed E-state index contributed by atoms with van der Waals surface area (Å²) in [6.07, 6.45) is 3.50. The second kappa shape index (κ2) is 6.97. The van der Waals surface area contributed by atoms with Gasteiger partial charge in [-0.3, -0.25) is 4.79 Å². The van der Waals surface area contributed by atoms with Crippen LogP contribution in [0.25, 0.3) is 33.5 Å². The molecule has 4 heterocycles. The van der Waals surface area contributed by atoms with E-state index in [1.807, 2.05) is 42.0 Å². The quantitative estimate of drug-likeness (QED) is 0.558. The van der Waals surface area contributed by atoms with Crippen molar-refractivity contribution >= 4 is 28.0 Å². The number of rotatable bonds is 3. The Hall–Kier alpha value is -3.26. The summed E-state index contributed by atoms with van der Waals surface area (Å²) < 4.78 is 2.00. The van der Waals surface area contributed by atoms with Crippen LogP contribution >= 0.6 is 0 Å². The van der Waals surface area contributed by atoms with Crippen molar-refractivity contribution < 1.29 is 0 Å². The SMILES string of the molecule is CCn1cc(-c2nc3ccccc3[nH]2)c(=O)c2cnc(N3CCNC(C)C3)nc21. The smallest absolute Gasteiger partial charge is 0.227 e. The monoisotopic (exact) mass is 389 g/mol. The van der Waals surface area contributed by atoms with E-state index in [2.05, 4.69) is 32.1 Å². The highest BCUT2D eigenvalue weighted by molar-refractivity contribution is 5.83. The maximum absolute atomic E-state index is 13.2. The molecule has 1 atom stereocenters. The van der Waals surface area contributed by atoms with Gasteiger partial charge in [-0.1, -0.05) is 12.1 Å². The fraction of sp³-hybridized carbons (Fsp3) is 0.333. The van der Waals surface area contributed by atoms with Crippen LogP contribution < -0.4 is 15.6 Å². The summed E-state index contributed by atoms with van der Waals surface area (Å²) in [5, 5.41) is 3.94. The van der Waals surface area contributed by atoms with Crippen LogP contribution in [0.5, 0.6) is 0 Å². The molecular formula is C21H23N7O. The Kier molecular flexibility index (Phi) is 4.28. The number of aromatic amines is 1. The minimum absolute atomic E-state index is 0.107. The maximum Gasteiger partial charge on any atom is 0.227 e. The molecule has 1 aromatic carbocycles. The van der Waals surface area contributed by atoms with Crippen LogP contribution in [0.2, 0.25) is 0 Å². The Morgan fingerprint density at radius 2 is 2.10 bits per heavy atom. The largest absolute Gasteiger partial charge is 0.338 e. The first-order chi connectivity index (χ1) is 14.1. The third-order valence-corrected chi connectivity index (χ3v) is 5.44. The third kappa shape index (κ3) is 3.05. The van der Waals surface area contributed by atoms with E-state index < -0.39 is 0 Å². The summed E-state index contributed by atoms with van der Waals surface area (Å²) in [6.45, 7) is 7.48. The number of nitrogens with one attached hydrogen (secondary N) is 2. The van der Waals surface area contributed by atoms with Gasteiger partial charge in [0.05, 0.1) is 22.0 Å². The lowest BCUT2D eigenvalue weighted by atomic mass is 10.2. The Morgan fingerprint density at radius 1 is 1.24 bits per heavy atom. The lowest BCUT2D eigenvalue weighted by molar-refractivity contribution is 0.479. The second-order valence-corrected chi connectivity index (χ2v) is 7.47. The van der Waals surface area contributed by atoms with Crippen molar-refractivity contribution in [3.63, 3.8) is 0 Å². The molecule has 0 amide bonds. The lowest BCUT2D eigenvalue weighted by Crippen LogP contribution is -2.49. The van der Waals surface area contributed by atoms with Crippen LogP contribution in [0.4, 0.5) is 5.95 Å². The zero-order valence-electron chi connectivity index (χ0n) is 16.5. The van der Waals surface area contributed by atoms with Gasteiger partial charge >= 0.3 is 0 Å². The van der Waals surface area contributed by atoms with E-state index in [1.54, 1.807) is 6.20 Å². The Balaban J connectivity index is 1.65. The number of benzene rings is 1. The highest BCUT2D eigenvalue weighted by atomic mass is 16.1. The van der Waals surface area contributed by atoms with Crippen molar-refractivity contribution in [1.29, 1.82) is 0 Å². The van der Waals surface area contributed by atoms with E-state index in [0.717, 1.165) is 30.7 Å². The number of aryl methyl sites for hydroxylation is 1. The van der Waals surface area contributed by atoms with Gasteiger partial charge in [0.2, 0.25) is 11.4 Å². The second-order valence-electron chi connectivity index (χ2n) is 7.47. The van der Waals surface area contributed by atoms with E-state index in [9.17, 15) is 4.79 Å². The minimum atomic E-state index is -0.107.